The number of benzene rings is 2. The summed E-state index contributed by atoms with van der Waals surface area (Å²) in [5.74, 6) is -0.187. The molecule has 1 N–H and O–H groups in total. The fourth-order valence-electron chi connectivity index (χ4n) is 3.73. The molecule has 30 heavy (non-hydrogen) atoms. The van der Waals surface area contributed by atoms with Gasteiger partial charge in [-0.2, -0.15) is 4.31 Å². The number of sulfonamides is 1. The van der Waals surface area contributed by atoms with Gasteiger partial charge >= 0.3 is 0 Å². The normalized spacial score (nSPS) is 15.9. The van der Waals surface area contributed by atoms with Gasteiger partial charge in [0, 0.05) is 32.7 Å². The number of hydrogen-bond donors (Lipinski definition) is 1. The third kappa shape index (κ3) is 5.28. The van der Waals surface area contributed by atoms with Crippen molar-refractivity contribution in [2.24, 2.45) is 0 Å². The second-order valence-electron chi connectivity index (χ2n) is 8.01. The number of nitrogens with zero attached hydrogens (tertiary/aromatic N) is 2. The van der Waals surface area contributed by atoms with E-state index in [-0.39, 0.29) is 29.8 Å². The number of aryl methyl sites for hydroxylation is 2. The Bertz CT molecular complexity index is 970. The molecular formula is C23H31N3O3S. The maximum atomic E-state index is 13.6. The van der Waals surface area contributed by atoms with Gasteiger partial charge in [-0.15, -0.1) is 0 Å². The van der Waals surface area contributed by atoms with Crippen LogP contribution in [0.4, 0.5) is 0 Å². The van der Waals surface area contributed by atoms with Crippen molar-refractivity contribution in [3.63, 3.8) is 0 Å². The molecule has 2 aromatic rings. The summed E-state index contributed by atoms with van der Waals surface area (Å²) in [5.41, 5.74) is 2.62. The Morgan fingerprint density at radius 1 is 1.10 bits per heavy atom. The van der Waals surface area contributed by atoms with Crippen molar-refractivity contribution >= 4 is 15.9 Å². The minimum Gasteiger partial charge on any atom is -0.339 e. The minimum atomic E-state index is -3.82. The van der Waals surface area contributed by atoms with E-state index >= 15 is 0 Å². The highest BCUT2D eigenvalue weighted by Gasteiger charge is 2.31. The average molecular weight is 430 g/mol. The lowest BCUT2D eigenvalue weighted by atomic mass is 10.0. The summed E-state index contributed by atoms with van der Waals surface area (Å²) in [6.07, 6.45) is 0. The molecule has 0 unspecified atom stereocenters. The first-order valence-electron chi connectivity index (χ1n) is 10.4. The van der Waals surface area contributed by atoms with Crippen LogP contribution < -0.4 is 5.32 Å². The van der Waals surface area contributed by atoms with E-state index in [1.807, 2.05) is 56.3 Å². The predicted octanol–water partition coefficient (Wildman–Crippen LogP) is 2.53. The number of piperazine rings is 1. The summed E-state index contributed by atoms with van der Waals surface area (Å²) in [5, 5.41) is 3.22. The fraction of sp³-hybridized carbons (Fsp3) is 0.435. The molecule has 1 fully saturated rings. The molecule has 0 saturated carbocycles. The van der Waals surface area contributed by atoms with E-state index in [1.54, 1.807) is 17.9 Å². The van der Waals surface area contributed by atoms with Gasteiger partial charge in [0.15, 0.2) is 0 Å². The van der Waals surface area contributed by atoms with E-state index in [2.05, 4.69) is 5.32 Å². The zero-order valence-electron chi connectivity index (χ0n) is 18.0. The zero-order chi connectivity index (χ0) is 21.7. The summed E-state index contributed by atoms with van der Waals surface area (Å²) < 4.78 is 28.6. The number of amides is 1. The maximum absolute atomic E-state index is 13.6. The molecule has 7 heteroatoms. The lowest BCUT2D eigenvalue weighted by molar-refractivity contribution is -0.132. The lowest BCUT2D eigenvalue weighted by Crippen LogP contribution is -2.50. The van der Waals surface area contributed by atoms with Crippen LogP contribution in [0.15, 0.2) is 53.4 Å². The van der Waals surface area contributed by atoms with Gasteiger partial charge in [0.2, 0.25) is 15.9 Å². The van der Waals surface area contributed by atoms with Gasteiger partial charge in [-0.05, 0) is 42.5 Å². The van der Waals surface area contributed by atoms with E-state index in [0.29, 0.717) is 18.7 Å². The summed E-state index contributed by atoms with van der Waals surface area (Å²) >= 11 is 0. The summed E-state index contributed by atoms with van der Waals surface area (Å²) in [6.45, 7) is 8.44. The van der Waals surface area contributed by atoms with Gasteiger partial charge in [0.25, 0.3) is 0 Å². The first kappa shape index (κ1) is 22.5. The van der Waals surface area contributed by atoms with E-state index in [9.17, 15) is 13.2 Å². The fourth-order valence-corrected chi connectivity index (χ4v) is 5.52. The molecule has 2 aromatic carbocycles. The summed E-state index contributed by atoms with van der Waals surface area (Å²) in [6, 6.07) is 15.2. The molecular weight excluding hydrogens is 398 g/mol. The third-order valence-corrected chi connectivity index (χ3v) is 7.54. The second kappa shape index (κ2) is 9.73. The zero-order valence-corrected chi connectivity index (χ0v) is 18.8. The van der Waals surface area contributed by atoms with E-state index in [4.69, 9.17) is 0 Å². The standard InChI is InChI=1S/C23H31N3O3S/c1-18-9-10-19(2)22(15-18)30(28,29)26(16-20(3)21-7-5-4-6-8-21)17-23(27)25-13-11-24-12-14-25/h4-10,15,20,24H,11-14,16-17H2,1-3H3/t20-/m0/s1. The topological polar surface area (TPSA) is 69.7 Å². The van der Waals surface area contributed by atoms with Crippen LogP contribution in [0.3, 0.4) is 0 Å². The van der Waals surface area contributed by atoms with Crippen molar-refractivity contribution in [2.75, 3.05) is 39.3 Å². The largest absolute Gasteiger partial charge is 0.339 e. The van der Waals surface area contributed by atoms with E-state index < -0.39 is 10.0 Å². The molecule has 0 radical (unpaired) electrons. The Morgan fingerprint density at radius 3 is 2.43 bits per heavy atom. The van der Waals surface area contributed by atoms with Crippen LogP contribution in [0.1, 0.15) is 29.5 Å². The molecule has 162 valence electrons. The van der Waals surface area contributed by atoms with Crippen LogP contribution in [0.2, 0.25) is 0 Å². The smallest absolute Gasteiger partial charge is 0.243 e. The molecule has 0 spiro atoms. The highest BCUT2D eigenvalue weighted by Crippen LogP contribution is 2.25. The molecule has 0 aromatic heterocycles. The van der Waals surface area contributed by atoms with Crippen molar-refractivity contribution < 1.29 is 13.2 Å². The van der Waals surface area contributed by atoms with Crippen molar-refractivity contribution in [1.82, 2.24) is 14.5 Å². The van der Waals surface area contributed by atoms with Crippen molar-refractivity contribution in [1.29, 1.82) is 0 Å². The van der Waals surface area contributed by atoms with E-state index in [1.165, 1.54) is 4.31 Å². The molecule has 1 aliphatic heterocycles. The number of hydrogen-bond acceptors (Lipinski definition) is 4. The second-order valence-corrected chi connectivity index (χ2v) is 9.92. The van der Waals surface area contributed by atoms with Crippen LogP contribution >= 0.6 is 0 Å². The Balaban J connectivity index is 1.91. The van der Waals surface area contributed by atoms with Gasteiger partial charge < -0.3 is 10.2 Å². The quantitative estimate of drug-likeness (QED) is 0.734. The molecule has 1 atom stereocenters. The Labute approximate surface area is 179 Å². The average Bonchev–Trinajstić information content (AvgIpc) is 2.76. The predicted molar refractivity (Wildman–Crippen MR) is 119 cm³/mol. The molecule has 1 heterocycles. The van der Waals surface area contributed by atoms with E-state index in [0.717, 1.165) is 24.2 Å². The van der Waals surface area contributed by atoms with Crippen LogP contribution in [0.5, 0.6) is 0 Å². The number of rotatable bonds is 7. The highest BCUT2D eigenvalue weighted by atomic mass is 32.2. The van der Waals surface area contributed by atoms with Crippen molar-refractivity contribution in [3.8, 4) is 0 Å². The van der Waals surface area contributed by atoms with Gasteiger partial charge in [0.1, 0.15) is 0 Å². The summed E-state index contributed by atoms with van der Waals surface area (Å²) in [7, 11) is -3.82. The molecule has 1 amide bonds. The van der Waals surface area contributed by atoms with Gasteiger partial charge in [-0.3, -0.25) is 4.79 Å². The SMILES string of the molecule is Cc1ccc(C)c(S(=O)(=O)N(CC(=O)N2CCNCC2)C[C@H](C)c2ccccc2)c1. The van der Waals surface area contributed by atoms with Crippen LogP contribution in [0, 0.1) is 13.8 Å². The Morgan fingerprint density at radius 2 is 1.77 bits per heavy atom. The van der Waals surface area contributed by atoms with Crippen LogP contribution in [0.25, 0.3) is 0 Å². The Kier molecular flexibility index (Phi) is 7.28. The highest BCUT2D eigenvalue weighted by molar-refractivity contribution is 7.89. The number of carbonyl (C=O) groups excluding carboxylic acids is 1. The first-order valence-corrected chi connectivity index (χ1v) is 11.8. The molecule has 1 aliphatic rings. The van der Waals surface area contributed by atoms with Crippen molar-refractivity contribution in [3.05, 3.63) is 65.2 Å². The number of nitrogens with one attached hydrogen (secondary N) is 1. The van der Waals surface area contributed by atoms with Gasteiger partial charge in [-0.1, -0.05) is 49.4 Å². The van der Waals surface area contributed by atoms with Crippen molar-refractivity contribution in [2.45, 2.75) is 31.6 Å². The molecule has 0 bridgehead atoms. The van der Waals surface area contributed by atoms with Gasteiger partial charge in [0.05, 0.1) is 11.4 Å². The number of carbonyl (C=O) groups is 1. The molecule has 3 rings (SSSR count). The molecule has 6 nitrogen and oxygen atoms in total. The minimum absolute atomic E-state index is 0.0399. The van der Waals surface area contributed by atoms with Crippen LogP contribution in [-0.4, -0.2) is 62.8 Å². The molecule has 1 saturated heterocycles. The monoisotopic (exact) mass is 429 g/mol. The Hall–Kier alpha value is -2.22. The maximum Gasteiger partial charge on any atom is 0.243 e. The van der Waals surface area contributed by atoms with Crippen LogP contribution in [-0.2, 0) is 14.8 Å². The summed E-state index contributed by atoms with van der Waals surface area (Å²) in [4.78, 5) is 15.0. The first-order chi connectivity index (χ1) is 14.3. The van der Waals surface area contributed by atoms with Gasteiger partial charge in [-0.25, -0.2) is 8.42 Å². The molecule has 0 aliphatic carbocycles. The lowest BCUT2D eigenvalue weighted by Gasteiger charge is -2.31. The third-order valence-electron chi connectivity index (χ3n) is 5.59.